The Hall–Kier alpha value is -1.84. The van der Waals surface area contributed by atoms with Gasteiger partial charge in [-0.2, -0.15) is 0 Å². The van der Waals surface area contributed by atoms with Crippen molar-refractivity contribution in [2.24, 2.45) is 5.41 Å². The number of hydrogen-bond acceptors (Lipinski definition) is 2. The minimum atomic E-state index is -0.783. The van der Waals surface area contributed by atoms with Crippen LogP contribution in [0.25, 0.3) is 0 Å². The zero-order chi connectivity index (χ0) is 15.3. The number of hydrogen-bond donors (Lipinski definition) is 2. The molecule has 0 aromatic heterocycles. The lowest BCUT2D eigenvalue weighted by atomic mass is 9.74. The van der Waals surface area contributed by atoms with Gasteiger partial charge in [0.05, 0.1) is 11.3 Å². The molecule has 4 nitrogen and oxygen atoms in total. The van der Waals surface area contributed by atoms with Crippen molar-refractivity contribution in [2.75, 3.05) is 6.54 Å². The van der Waals surface area contributed by atoms with Crippen LogP contribution >= 0.6 is 0 Å². The summed E-state index contributed by atoms with van der Waals surface area (Å²) in [6, 6.07) is 9.54. The first-order chi connectivity index (χ1) is 10.1. The maximum Gasteiger partial charge on any atom is 0.311 e. The average molecular weight is 289 g/mol. The van der Waals surface area contributed by atoms with Crippen molar-refractivity contribution in [3.05, 3.63) is 35.9 Å². The largest absolute Gasteiger partial charge is 0.481 e. The normalized spacial score (nSPS) is 18.7. The molecule has 1 aliphatic rings. The Kier molecular flexibility index (Phi) is 4.99. The van der Waals surface area contributed by atoms with E-state index in [9.17, 15) is 14.7 Å². The number of benzene rings is 1. The van der Waals surface area contributed by atoms with E-state index in [0.717, 1.165) is 24.8 Å². The molecule has 21 heavy (non-hydrogen) atoms. The monoisotopic (exact) mass is 289 g/mol. The van der Waals surface area contributed by atoms with E-state index >= 15 is 0 Å². The standard InChI is InChI=1S/C17H23NO3/c1-13(14-8-4-2-5-9-14)15(19)18-12-17(16(20)21)10-6-3-7-11-17/h2,4-5,8-9,13H,3,6-7,10-12H2,1H3,(H,18,19)(H,20,21)/t13-/m1/s1. The molecule has 2 rings (SSSR count). The first kappa shape index (κ1) is 15.5. The van der Waals surface area contributed by atoms with E-state index in [0.29, 0.717) is 12.8 Å². The van der Waals surface area contributed by atoms with Crippen LogP contribution in [0.2, 0.25) is 0 Å². The van der Waals surface area contributed by atoms with Crippen LogP contribution in [0.3, 0.4) is 0 Å². The number of rotatable bonds is 5. The average Bonchev–Trinajstić information content (AvgIpc) is 2.53. The number of carbonyl (C=O) groups is 2. The summed E-state index contributed by atoms with van der Waals surface area (Å²) in [6.07, 6.45) is 4.25. The summed E-state index contributed by atoms with van der Waals surface area (Å²) in [7, 11) is 0. The summed E-state index contributed by atoms with van der Waals surface area (Å²) in [4.78, 5) is 23.8. The van der Waals surface area contributed by atoms with E-state index in [1.807, 2.05) is 37.3 Å². The van der Waals surface area contributed by atoms with Crippen molar-refractivity contribution < 1.29 is 14.7 Å². The van der Waals surface area contributed by atoms with E-state index in [1.165, 1.54) is 0 Å². The summed E-state index contributed by atoms with van der Waals surface area (Å²) < 4.78 is 0. The Morgan fingerprint density at radius 1 is 1.19 bits per heavy atom. The molecule has 0 saturated heterocycles. The van der Waals surface area contributed by atoms with Crippen LogP contribution in [0.5, 0.6) is 0 Å². The molecule has 0 spiro atoms. The molecule has 0 unspecified atom stereocenters. The fourth-order valence-corrected chi connectivity index (χ4v) is 3.00. The van der Waals surface area contributed by atoms with Crippen LogP contribution in [-0.2, 0) is 9.59 Å². The molecule has 0 aliphatic heterocycles. The van der Waals surface area contributed by atoms with Crippen LogP contribution in [0.1, 0.15) is 50.5 Å². The molecule has 1 fully saturated rings. The predicted octanol–water partition coefficient (Wildman–Crippen LogP) is 2.94. The molecule has 114 valence electrons. The summed E-state index contributed by atoms with van der Waals surface area (Å²) in [5, 5.41) is 12.4. The van der Waals surface area contributed by atoms with Crippen molar-refractivity contribution in [1.82, 2.24) is 5.32 Å². The van der Waals surface area contributed by atoms with Gasteiger partial charge in [0.2, 0.25) is 5.91 Å². The van der Waals surface area contributed by atoms with Crippen molar-refractivity contribution in [1.29, 1.82) is 0 Å². The van der Waals surface area contributed by atoms with Crippen LogP contribution in [0.15, 0.2) is 30.3 Å². The molecular formula is C17H23NO3. The molecule has 2 N–H and O–H groups in total. The Balaban J connectivity index is 1.97. The second-order valence-electron chi connectivity index (χ2n) is 6.00. The summed E-state index contributed by atoms with van der Waals surface area (Å²) in [6.45, 7) is 2.08. The highest BCUT2D eigenvalue weighted by Crippen LogP contribution is 2.36. The second-order valence-corrected chi connectivity index (χ2v) is 6.00. The van der Waals surface area contributed by atoms with E-state index in [4.69, 9.17) is 0 Å². The number of carbonyl (C=O) groups excluding carboxylic acids is 1. The third-order valence-electron chi connectivity index (χ3n) is 4.56. The van der Waals surface area contributed by atoms with Gasteiger partial charge in [0.15, 0.2) is 0 Å². The number of nitrogens with one attached hydrogen (secondary N) is 1. The molecule has 0 radical (unpaired) electrons. The molecule has 0 bridgehead atoms. The molecular weight excluding hydrogens is 266 g/mol. The van der Waals surface area contributed by atoms with Gasteiger partial charge in [-0.25, -0.2) is 0 Å². The minimum Gasteiger partial charge on any atom is -0.481 e. The number of amides is 1. The molecule has 1 saturated carbocycles. The van der Waals surface area contributed by atoms with Crippen LogP contribution in [0, 0.1) is 5.41 Å². The predicted molar refractivity (Wildman–Crippen MR) is 81.0 cm³/mol. The lowest BCUT2D eigenvalue weighted by Crippen LogP contribution is -2.45. The van der Waals surface area contributed by atoms with Gasteiger partial charge >= 0.3 is 5.97 Å². The van der Waals surface area contributed by atoms with Crippen molar-refractivity contribution in [2.45, 2.75) is 44.9 Å². The number of aliphatic carboxylic acids is 1. The zero-order valence-electron chi connectivity index (χ0n) is 12.5. The third kappa shape index (κ3) is 3.63. The van der Waals surface area contributed by atoms with Gasteiger partial charge < -0.3 is 10.4 Å². The van der Waals surface area contributed by atoms with E-state index < -0.39 is 11.4 Å². The Morgan fingerprint density at radius 3 is 2.38 bits per heavy atom. The smallest absolute Gasteiger partial charge is 0.311 e. The van der Waals surface area contributed by atoms with Crippen molar-refractivity contribution in [3.8, 4) is 0 Å². The number of carboxylic acids is 1. The fourth-order valence-electron chi connectivity index (χ4n) is 3.00. The molecule has 0 heterocycles. The van der Waals surface area contributed by atoms with Gasteiger partial charge in [-0.05, 0) is 25.3 Å². The van der Waals surface area contributed by atoms with Crippen LogP contribution < -0.4 is 5.32 Å². The van der Waals surface area contributed by atoms with Crippen molar-refractivity contribution in [3.63, 3.8) is 0 Å². The maximum absolute atomic E-state index is 12.2. The highest BCUT2D eigenvalue weighted by Gasteiger charge is 2.40. The quantitative estimate of drug-likeness (QED) is 0.875. The van der Waals surface area contributed by atoms with Gasteiger partial charge in [0.25, 0.3) is 0 Å². The van der Waals surface area contributed by atoms with Crippen molar-refractivity contribution >= 4 is 11.9 Å². The van der Waals surface area contributed by atoms with E-state index in [2.05, 4.69) is 5.32 Å². The van der Waals surface area contributed by atoms with Crippen LogP contribution in [0.4, 0.5) is 0 Å². The molecule has 1 amide bonds. The lowest BCUT2D eigenvalue weighted by molar-refractivity contribution is -0.151. The van der Waals surface area contributed by atoms with Gasteiger partial charge in [-0.15, -0.1) is 0 Å². The van der Waals surface area contributed by atoms with Gasteiger partial charge in [0.1, 0.15) is 0 Å². The Labute approximate surface area is 125 Å². The third-order valence-corrected chi connectivity index (χ3v) is 4.56. The Morgan fingerprint density at radius 2 is 1.81 bits per heavy atom. The SMILES string of the molecule is C[C@@H](C(=O)NCC1(C(=O)O)CCCCC1)c1ccccc1. The topological polar surface area (TPSA) is 66.4 Å². The fraction of sp³-hybridized carbons (Fsp3) is 0.529. The van der Waals surface area contributed by atoms with Gasteiger partial charge in [-0.3, -0.25) is 9.59 Å². The summed E-state index contributed by atoms with van der Waals surface area (Å²) in [5.41, 5.74) is 0.174. The molecule has 4 heteroatoms. The van der Waals surface area contributed by atoms with E-state index in [1.54, 1.807) is 0 Å². The highest BCUT2D eigenvalue weighted by atomic mass is 16.4. The maximum atomic E-state index is 12.2. The molecule has 1 atom stereocenters. The van der Waals surface area contributed by atoms with Crippen LogP contribution in [-0.4, -0.2) is 23.5 Å². The second kappa shape index (κ2) is 6.74. The Bertz CT molecular complexity index is 492. The molecule has 1 aliphatic carbocycles. The molecule has 1 aromatic carbocycles. The summed E-state index contributed by atoms with van der Waals surface area (Å²) in [5.74, 6) is -1.15. The molecule has 1 aromatic rings. The van der Waals surface area contributed by atoms with Gasteiger partial charge in [-0.1, -0.05) is 49.6 Å². The first-order valence-corrected chi connectivity index (χ1v) is 7.61. The first-order valence-electron chi connectivity index (χ1n) is 7.61. The zero-order valence-corrected chi connectivity index (χ0v) is 12.5. The van der Waals surface area contributed by atoms with E-state index in [-0.39, 0.29) is 18.4 Å². The van der Waals surface area contributed by atoms with Gasteiger partial charge in [0, 0.05) is 6.54 Å². The minimum absolute atomic E-state index is 0.104. The summed E-state index contributed by atoms with van der Waals surface area (Å²) >= 11 is 0. The lowest BCUT2D eigenvalue weighted by Gasteiger charge is -2.33. The highest BCUT2D eigenvalue weighted by molar-refractivity contribution is 5.84. The number of carboxylic acid groups (broad SMARTS) is 1.